The number of anilines is 1. The molecule has 132 valence electrons. The van der Waals surface area contributed by atoms with Crippen LogP contribution in [0.15, 0.2) is 11.1 Å². The van der Waals surface area contributed by atoms with Crippen LogP contribution in [-0.4, -0.2) is 64.4 Å². The minimum absolute atomic E-state index is 0.0176. The number of fused-ring (bicyclic) bond motifs is 1. The first-order chi connectivity index (χ1) is 11.2. The lowest BCUT2D eigenvalue weighted by Gasteiger charge is -2.16. The van der Waals surface area contributed by atoms with Gasteiger partial charge in [-0.3, -0.25) is 18.9 Å². The number of nitrogens with zero attached hydrogens (tertiary/aromatic N) is 3. The van der Waals surface area contributed by atoms with E-state index in [9.17, 15) is 19.6 Å². The summed E-state index contributed by atoms with van der Waals surface area (Å²) in [6.45, 7) is -0.651. The van der Waals surface area contributed by atoms with Crippen molar-refractivity contribution in [3.05, 3.63) is 16.7 Å². The second-order valence-corrected chi connectivity index (χ2v) is 6.35. The van der Waals surface area contributed by atoms with E-state index < -0.39 is 44.5 Å². The molecule has 0 aliphatic carbocycles. The normalized spacial score (nSPS) is 27.8. The SMILES string of the molecule is Nc1[15n]c2c([15n]c[15n]2[C@@H]2O[C@H](COP(=O)(O)O)[C@@H](O)[C@H]2O)c(=O)[15nH]1. The van der Waals surface area contributed by atoms with Crippen molar-refractivity contribution in [2.45, 2.75) is 24.5 Å². The number of phosphoric ester groups is 1. The highest BCUT2D eigenvalue weighted by atomic mass is 31.2. The van der Waals surface area contributed by atoms with E-state index in [2.05, 4.69) is 19.5 Å². The molecule has 0 spiro atoms. The van der Waals surface area contributed by atoms with Crippen molar-refractivity contribution in [1.82, 2.24) is 19.5 Å². The van der Waals surface area contributed by atoms with Gasteiger partial charge in [-0.2, -0.15) is 4.98 Å². The monoisotopic (exact) mass is 367 g/mol. The Labute approximate surface area is 132 Å². The number of rotatable bonds is 4. The average Bonchev–Trinajstić information content (AvgIpc) is 3.00. The minimum Gasteiger partial charge on any atom is -0.387 e. The predicted octanol–water partition coefficient (Wildman–Crippen LogP) is -2.57. The third-order valence-electron chi connectivity index (χ3n) is 3.47. The van der Waals surface area contributed by atoms with Gasteiger partial charge in [0.25, 0.3) is 5.56 Å². The number of nitrogen functional groups attached to an aromatic ring is 1. The largest absolute Gasteiger partial charge is 0.469 e. The van der Waals surface area contributed by atoms with Crippen molar-refractivity contribution in [1.29, 1.82) is 0 Å². The van der Waals surface area contributed by atoms with Crippen molar-refractivity contribution >= 4 is 24.9 Å². The molecule has 3 rings (SSSR count). The van der Waals surface area contributed by atoms with Gasteiger partial charge in [-0.1, -0.05) is 0 Å². The molecule has 0 unspecified atom stereocenters. The number of aromatic amines is 1. The smallest absolute Gasteiger partial charge is 0.387 e. The maximum atomic E-state index is 11.7. The molecule has 24 heavy (non-hydrogen) atoms. The third kappa shape index (κ3) is 3.06. The van der Waals surface area contributed by atoms with Gasteiger partial charge in [0.15, 0.2) is 17.4 Å². The van der Waals surface area contributed by atoms with Crippen LogP contribution < -0.4 is 11.3 Å². The maximum Gasteiger partial charge on any atom is 0.469 e. The highest BCUT2D eigenvalue weighted by Crippen LogP contribution is 2.38. The van der Waals surface area contributed by atoms with E-state index in [1.54, 1.807) is 0 Å². The van der Waals surface area contributed by atoms with E-state index in [0.29, 0.717) is 0 Å². The molecule has 0 aromatic carbocycles. The number of aliphatic hydroxyl groups excluding tert-OH is 2. The Morgan fingerprint density at radius 2 is 2.12 bits per heavy atom. The highest BCUT2D eigenvalue weighted by molar-refractivity contribution is 7.46. The zero-order valence-corrected chi connectivity index (χ0v) is 12.8. The molecule has 2 aromatic rings. The van der Waals surface area contributed by atoms with Crippen LogP contribution in [0.3, 0.4) is 0 Å². The van der Waals surface area contributed by atoms with Crippen LogP contribution in [0, 0.1) is 0 Å². The van der Waals surface area contributed by atoms with Crippen LogP contribution >= 0.6 is 7.82 Å². The van der Waals surface area contributed by atoms with Crippen LogP contribution in [0.1, 0.15) is 6.23 Å². The molecule has 14 heteroatoms. The Morgan fingerprint density at radius 1 is 1.42 bits per heavy atom. The summed E-state index contributed by atoms with van der Waals surface area (Å²) in [6.07, 6.45) is -4.22. The lowest BCUT2D eigenvalue weighted by Crippen LogP contribution is -2.33. The van der Waals surface area contributed by atoms with E-state index in [-0.39, 0.29) is 17.1 Å². The summed E-state index contributed by atoms with van der Waals surface area (Å²) in [7, 11) is -4.76. The van der Waals surface area contributed by atoms with Gasteiger partial charge < -0.3 is 30.5 Å². The highest BCUT2D eigenvalue weighted by Gasteiger charge is 2.45. The number of phosphoric acid groups is 1. The van der Waals surface area contributed by atoms with E-state index in [1.165, 1.54) is 10.9 Å². The van der Waals surface area contributed by atoms with E-state index in [0.717, 1.165) is 0 Å². The van der Waals surface area contributed by atoms with Crippen LogP contribution in [0.25, 0.3) is 11.2 Å². The molecule has 0 saturated carbocycles. The molecule has 1 aliphatic heterocycles. The van der Waals surface area contributed by atoms with Gasteiger partial charge in [0.05, 0.1) is 12.9 Å². The fraction of sp³-hybridized carbons (Fsp3) is 0.500. The molecule has 0 radical (unpaired) electrons. The number of imidazole rings is 1. The molecular weight excluding hydrogens is 353 g/mol. The quantitative estimate of drug-likeness (QED) is 0.310. The number of ether oxygens (including phenoxy) is 1. The number of nitrogens with two attached hydrogens (primary N) is 1. The molecule has 3 heterocycles. The lowest BCUT2D eigenvalue weighted by atomic mass is 10.1. The number of aromatic nitrogens is 4. The standard InChI is InChI=1S/C10H14N5O8P/c11-10-13-7-4(8(18)14-10)12-2-15(7)9-6(17)5(16)3(23-9)1-22-24(19,20)21/h2-3,5-6,9,16-17H,1H2,(H2,19,20,21)(H3,11,13,14,18)/t3-,5-,6-,9-/m1/s1/i12+1,13+1,14+1,15+1. The van der Waals surface area contributed by atoms with Crippen LogP contribution in [0.4, 0.5) is 5.95 Å². The topological polar surface area (TPSA) is 206 Å². The van der Waals surface area contributed by atoms with Gasteiger partial charge in [-0.25, -0.2) is 9.55 Å². The fourth-order valence-corrected chi connectivity index (χ4v) is 2.74. The van der Waals surface area contributed by atoms with Crippen molar-refractivity contribution in [3.63, 3.8) is 0 Å². The van der Waals surface area contributed by atoms with Gasteiger partial charge in [0.2, 0.25) is 5.95 Å². The summed E-state index contributed by atoms with van der Waals surface area (Å²) in [5, 5.41) is 20.1. The first-order valence-corrected chi connectivity index (χ1v) is 8.14. The lowest BCUT2D eigenvalue weighted by molar-refractivity contribution is -0.0503. The van der Waals surface area contributed by atoms with Gasteiger partial charge in [0, 0.05) is 0 Å². The Kier molecular flexibility index (Phi) is 4.17. The molecule has 1 aliphatic rings. The van der Waals surface area contributed by atoms with Gasteiger partial charge in [-0.15, -0.1) is 0 Å². The van der Waals surface area contributed by atoms with Crippen LogP contribution in [-0.2, 0) is 13.8 Å². The number of nitrogens with one attached hydrogen (secondary N) is 1. The summed E-state index contributed by atoms with van der Waals surface area (Å²) >= 11 is 0. The number of hydrogen-bond acceptors (Lipinski definition) is 9. The fourth-order valence-electron chi connectivity index (χ4n) is 2.40. The van der Waals surface area contributed by atoms with Crippen molar-refractivity contribution in [2.24, 2.45) is 0 Å². The zero-order chi connectivity index (χ0) is 17.6. The minimum atomic E-state index is -4.76. The van der Waals surface area contributed by atoms with Gasteiger partial charge in [0.1, 0.15) is 18.3 Å². The molecule has 13 nitrogen and oxygen atoms in total. The van der Waals surface area contributed by atoms with Crippen LogP contribution in [0.2, 0.25) is 0 Å². The van der Waals surface area contributed by atoms with E-state index >= 15 is 0 Å². The number of hydrogen-bond donors (Lipinski definition) is 6. The molecule has 0 amide bonds. The molecule has 2 aromatic heterocycles. The Hall–Kier alpha value is -1.86. The zero-order valence-electron chi connectivity index (χ0n) is 11.9. The Bertz CT molecular complexity index is 861. The average molecular weight is 367 g/mol. The van der Waals surface area contributed by atoms with Crippen molar-refractivity contribution in [3.8, 4) is 0 Å². The first kappa shape index (κ1) is 17.0. The molecule has 4 atom stereocenters. The number of aliphatic hydroxyl groups is 2. The molecular formula is C10H14N5O8P. The van der Waals surface area contributed by atoms with E-state index in [1.807, 2.05) is 0 Å². The van der Waals surface area contributed by atoms with Crippen molar-refractivity contribution < 1.29 is 33.8 Å². The second kappa shape index (κ2) is 5.89. The molecule has 1 fully saturated rings. The van der Waals surface area contributed by atoms with Crippen molar-refractivity contribution in [2.75, 3.05) is 12.3 Å². The summed E-state index contributed by atoms with van der Waals surface area (Å²) in [5.74, 6) is -0.177. The van der Waals surface area contributed by atoms with E-state index in [4.69, 9.17) is 20.3 Å². The Morgan fingerprint density at radius 3 is 2.79 bits per heavy atom. The molecule has 0 bridgehead atoms. The third-order valence-corrected chi connectivity index (χ3v) is 3.95. The molecule has 1 saturated heterocycles. The summed E-state index contributed by atoms with van der Waals surface area (Å²) in [6, 6.07) is 0. The Balaban J connectivity index is 1.90. The van der Waals surface area contributed by atoms with Crippen LogP contribution in [0.5, 0.6) is 0 Å². The summed E-state index contributed by atoms with van der Waals surface area (Å²) in [4.78, 5) is 39.1. The maximum absolute atomic E-state index is 11.7. The number of H-pyrrole nitrogens is 1. The summed E-state index contributed by atoms with van der Waals surface area (Å²) < 4.78 is 21.6. The predicted molar refractivity (Wildman–Crippen MR) is 76.5 cm³/mol. The van der Waals surface area contributed by atoms with Gasteiger partial charge in [-0.05, 0) is 0 Å². The summed E-state index contributed by atoms with van der Waals surface area (Å²) in [5.41, 5.74) is 4.84. The van der Waals surface area contributed by atoms with Gasteiger partial charge >= 0.3 is 7.82 Å². The second-order valence-electron chi connectivity index (χ2n) is 5.11. The first-order valence-electron chi connectivity index (χ1n) is 6.61. The molecule has 7 N–H and O–H groups in total.